The monoisotopic (exact) mass is 182 g/mol. The van der Waals surface area contributed by atoms with Crippen molar-refractivity contribution >= 4 is 5.91 Å². The molecule has 74 valence electrons. The quantitative estimate of drug-likeness (QED) is 0.683. The second-order valence-electron chi connectivity index (χ2n) is 4.13. The molecule has 0 aromatic carbocycles. The number of nitrogens with zero attached hydrogens (tertiary/aromatic N) is 1. The van der Waals surface area contributed by atoms with Gasteiger partial charge in [-0.25, -0.2) is 0 Å². The van der Waals surface area contributed by atoms with E-state index in [1.165, 1.54) is 19.3 Å². The number of carbonyl (C=O) groups excluding carboxylic acids is 1. The summed E-state index contributed by atoms with van der Waals surface area (Å²) in [6.45, 7) is 4.24. The molecule has 1 N–H and O–H groups in total. The highest BCUT2D eigenvalue weighted by Crippen LogP contribution is 2.27. The van der Waals surface area contributed by atoms with Crippen LogP contribution in [0.3, 0.4) is 0 Å². The van der Waals surface area contributed by atoms with Crippen LogP contribution >= 0.6 is 0 Å². The van der Waals surface area contributed by atoms with Crippen LogP contribution in [0.4, 0.5) is 0 Å². The van der Waals surface area contributed by atoms with Crippen molar-refractivity contribution < 1.29 is 4.79 Å². The topological polar surface area (TPSA) is 32.3 Å². The maximum atomic E-state index is 11.3. The molecule has 0 spiro atoms. The van der Waals surface area contributed by atoms with E-state index < -0.39 is 0 Å². The van der Waals surface area contributed by atoms with Gasteiger partial charge in [0.25, 0.3) is 0 Å². The Kier molecular flexibility index (Phi) is 2.54. The number of fused-ring (bicyclic) bond motifs is 2. The van der Waals surface area contributed by atoms with Gasteiger partial charge in [0.1, 0.15) is 0 Å². The summed E-state index contributed by atoms with van der Waals surface area (Å²) >= 11 is 0. The number of hydrogen-bond acceptors (Lipinski definition) is 2. The van der Waals surface area contributed by atoms with Crippen LogP contribution in [-0.4, -0.2) is 36.0 Å². The third kappa shape index (κ3) is 1.70. The summed E-state index contributed by atoms with van der Waals surface area (Å²) in [5, 5.41) is 2.98. The highest BCUT2D eigenvalue weighted by Gasteiger charge is 2.36. The molecule has 2 aliphatic rings. The van der Waals surface area contributed by atoms with Crippen molar-refractivity contribution in [2.75, 3.05) is 13.1 Å². The minimum Gasteiger partial charge on any atom is -0.354 e. The zero-order chi connectivity index (χ0) is 9.26. The molecule has 1 amide bonds. The molecule has 3 nitrogen and oxygen atoms in total. The normalized spacial score (nSPS) is 34.4. The molecule has 0 aromatic rings. The van der Waals surface area contributed by atoms with Gasteiger partial charge in [-0.15, -0.1) is 0 Å². The molecule has 13 heavy (non-hydrogen) atoms. The van der Waals surface area contributed by atoms with Gasteiger partial charge in [0.2, 0.25) is 5.91 Å². The first-order valence-corrected chi connectivity index (χ1v) is 5.33. The van der Waals surface area contributed by atoms with Crippen LogP contribution in [0.1, 0.15) is 32.6 Å². The van der Waals surface area contributed by atoms with Gasteiger partial charge >= 0.3 is 0 Å². The standard InChI is InChI=1S/C10H18N2O/c1-2-5-12-8-3-4-9(12)7-11-10(13)6-8/h8-9H,2-7H2,1H3,(H,11,13)/t8-,9+/m0/s1. The highest BCUT2D eigenvalue weighted by atomic mass is 16.1. The Morgan fingerprint density at radius 2 is 2.23 bits per heavy atom. The van der Waals surface area contributed by atoms with Crippen molar-refractivity contribution in [1.82, 2.24) is 10.2 Å². The van der Waals surface area contributed by atoms with Crippen LogP contribution in [0.5, 0.6) is 0 Å². The summed E-state index contributed by atoms with van der Waals surface area (Å²) in [7, 11) is 0. The fraction of sp³-hybridized carbons (Fsp3) is 0.900. The Morgan fingerprint density at radius 1 is 1.46 bits per heavy atom. The Morgan fingerprint density at radius 3 is 3.00 bits per heavy atom. The molecule has 2 fully saturated rings. The number of carbonyl (C=O) groups is 1. The van der Waals surface area contributed by atoms with E-state index in [-0.39, 0.29) is 5.91 Å². The average molecular weight is 182 g/mol. The first-order chi connectivity index (χ1) is 6.31. The molecule has 0 unspecified atom stereocenters. The van der Waals surface area contributed by atoms with Crippen molar-refractivity contribution in [2.24, 2.45) is 0 Å². The maximum Gasteiger partial charge on any atom is 0.221 e. The lowest BCUT2D eigenvalue weighted by Gasteiger charge is -2.26. The number of hydrogen-bond donors (Lipinski definition) is 1. The molecule has 0 aliphatic carbocycles. The van der Waals surface area contributed by atoms with Crippen LogP contribution < -0.4 is 5.32 Å². The van der Waals surface area contributed by atoms with E-state index in [2.05, 4.69) is 17.1 Å². The van der Waals surface area contributed by atoms with Crippen molar-refractivity contribution in [3.05, 3.63) is 0 Å². The summed E-state index contributed by atoms with van der Waals surface area (Å²) in [6.07, 6.45) is 4.40. The molecule has 2 heterocycles. The number of nitrogens with one attached hydrogen (secondary N) is 1. The Bertz CT molecular complexity index is 205. The third-order valence-corrected chi connectivity index (χ3v) is 3.21. The predicted molar refractivity (Wildman–Crippen MR) is 51.4 cm³/mol. The van der Waals surface area contributed by atoms with Gasteiger partial charge in [0.05, 0.1) is 0 Å². The average Bonchev–Trinajstić information content (AvgIpc) is 2.37. The van der Waals surface area contributed by atoms with Gasteiger partial charge in [-0.1, -0.05) is 6.92 Å². The van der Waals surface area contributed by atoms with Crippen LogP contribution in [0.25, 0.3) is 0 Å². The van der Waals surface area contributed by atoms with Gasteiger partial charge in [-0.3, -0.25) is 9.69 Å². The van der Waals surface area contributed by atoms with Crippen LogP contribution in [0.15, 0.2) is 0 Å². The van der Waals surface area contributed by atoms with Gasteiger partial charge in [-0.05, 0) is 25.8 Å². The van der Waals surface area contributed by atoms with E-state index >= 15 is 0 Å². The molecular weight excluding hydrogens is 164 g/mol. The SMILES string of the molecule is CCCN1[C@@H]2CC[C@H]1CC(=O)NC2. The van der Waals surface area contributed by atoms with Crippen molar-refractivity contribution in [3.8, 4) is 0 Å². The zero-order valence-corrected chi connectivity index (χ0v) is 8.25. The summed E-state index contributed by atoms with van der Waals surface area (Å²) in [4.78, 5) is 13.8. The van der Waals surface area contributed by atoms with Crippen LogP contribution in [0.2, 0.25) is 0 Å². The van der Waals surface area contributed by atoms with Gasteiger partial charge in [-0.2, -0.15) is 0 Å². The molecule has 0 radical (unpaired) electrons. The Hall–Kier alpha value is -0.570. The second-order valence-corrected chi connectivity index (χ2v) is 4.13. The van der Waals surface area contributed by atoms with E-state index in [1.807, 2.05) is 0 Å². The number of amides is 1. The Labute approximate surface area is 79.5 Å². The van der Waals surface area contributed by atoms with Crippen molar-refractivity contribution in [2.45, 2.75) is 44.7 Å². The van der Waals surface area contributed by atoms with Crippen molar-refractivity contribution in [1.29, 1.82) is 0 Å². The fourth-order valence-corrected chi connectivity index (χ4v) is 2.59. The first-order valence-electron chi connectivity index (χ1n) is 5.33. The van der Waals surface area contributed by atoms with Gasteiger partial charge < -0.3 is 5.32 Å². The maximum absolute atomic E-state index is 11.3. The fourth-order valence-electron chi connectivity index (χ4n) is 2.59. The lowest BCUT2D eigenvalue weighted by molar-refractivity contribution is -0.121. The molecule has 0 saturated carbocycles. The van der Waals surface area contributed by atoms with Gasteiger partial charge in [0.15, 0.2) is 0 Å². The van der Waals surface area contributed by atoms with E-state index in [9.17, 15) is 4.79 Å². The van der Waals surface area contributed by atoms with Gasteiger partial charge in [0, 0.05) is 25.0 Å². The first kappa shape index (κ1) is 9.00. The van der Waals surface area contributed by atoms with E-state index in [0.29, 0.717) is 12.1 Å². The molecule has 2 bridgehead atoms. The summed E-state index contributed by atoms with van der Waals surface area (Å²) < 4.78 is 0. The Balaban J connectivity index is 2.06. The lowest BCUT2D eigenvalue weighted by Crippen LogP contribution is -2.38. The van der Waals surface area contributed by atoms with E-state index in [1.54, 1.807) is 0 Å². The minimum absolute atomic E-state index is 0.244. The molecule has 3 heteroatoms. The molecule has 2 rings (SSSR count). The van der Waals surface area contributed by atoms with E-state index in [4.69, 9.17) is 0 Å². The largest absolute Gasteiger partial charge is 0.354 e. The molecule has 2 saturated heterocycles. The summed E-state index contributed by atoms with van der Waals surface area (Å²) in [5.74, 6) is 0.244. The lowest BCUT2D eigenvalue weighted by atomic mass is 10.1. The van der Waals surface area contributed by atoms with E-state index in [0.717, 1.165) is 19.5 Å². The molecule has 2 aliphatic heterocycles. The summed E-state index contributed by atoms with van der Waals surface area (Å²) in [5.41, 5.74) is 0. The van der Waals surface area contributed by atoms with Crippen LogP contribution in [-0.2, 0) is 4.79 Å². The minimum atomic E-state index is 0.244. The molecule has 0 aromatic heterocycles. The molecule has 2 atom stereocenters. The van der Waals surface area contributed by atoms with Crippen molar-refractivity contribution in [3.63, 3.8) is 0 Å². The third-order valence-electron chi connectivity index (χ3n) is 3.21. The molecular formula is C10H18N2O. The predicted octanol–water partition coefficient (Wildman–Crippen LogP) is 0.749. The second kappa shape index (κ2) is 3.66. The summed E-state index contributed by atoms with van der Waals surface area (Å²) in [6, 6.07) is 1.16. The number of rotatable bonds is 2. The highest BCUT2D eigenvalue weighted by molar-refractivity contribution is 5.77. The smallest absolute Gasteiger partial charge is 0.221 e. The zero-order valence-electron chi connectivity index (χ0n) is 8.25. The van der Waals surface area contributed by atoms with Crippen LogP contribution in [0, 0.1) is 0 Å².